The first-order chi connectivity index (χ1) is 9.98. The van der Waals surface area contributed by atoms with Gasteiger partial charge in [0.05, 0.1) is 5.92 Å². The summed E-state index contributed by atoms with van der Waals surface area (Å²) in [5.41, 5.74) is 0.906. The van der Waals surface area contributed by atoms with Crippen molar-refractivity contribution in [1.29, 1.82) is 0 Å². The third kappa shape index (κ3) is 4.18. The van der Waals surface area contributed by atoms with Gasteiger partial charge in [-0.3, -0.25) is 9.59 Å². The standard InChI is InChI=1S/C17H26O5/c1-9(2)8-12-13(17(12,6)7)15(19)22-16(20)14(10(3)4)21-11(5)18/h8,10,12-14H,1-7H3. The lowest BCUT2D eigenvalue weighted by Gasteiger charge is -2.18. The van der Waals surface area contributed by atoms with E-state index in [9.17, 15) is 14.4 Å². The lowest BCUT2D eigenvalue weighted by molar-refractivity contribution is -0.176. The van der Waals surface area contributed by atoms with Crippen LogP contribution in [0.15, 0.2) is 11.6 Å². The highest BCUT2D eigenvalue weighted by atomic mass is 16.6. The van der Waals surface area contributed by atoms with Crippen molar-refractivity contribution in [3.63, 3.8) is 0 Å². The van der Waals surface area contributed by atoms with E-state index in [1.807, 2.05) is 33.8 Å². The molecule has 0 radical (unpaired) electrons. The molecule has 0 amide bonds. The normalized spacial score (nSPS) is 23.5. The zero-order valence-electron chi connectivity index (χ0n) is 14.4. The van der Waals surface area contributed by atoms with Crippen molar-refractivity contribution in [2.45, 2.75) is 54.6 Å². The molecule has 0 bridgehead atoms. The first kappa shape index (κ1) is 18.4. The molecule has 1 aliphatic rings. The lowest BCUT2D eigenvalue weighted by atomic mass is 10.1. The van der Waals surface area contributed by atoms with Gasteiger partial charge < -0.3 is 9.47 Å². The molecule has 0 spiro atoms. The Labute approximate surface area is 132 Å². The van der Waals surface area contributed by atoms with Crippen LogP contribution in [-0.4, -0.2) is 24.0 Å². The van der Waals surface area contributed by atoms with Crippen LogP contribution in [0.2, 0.25) is 0 Å². The number of allylic oxidation sites excluding steroid dienone is 2. The van der Waals surface area contributed by atoms with Crippen LogP contribution in [0, 0.1) is 23.2 Å². The summed E-state index contributed by atoms with van der Waals surface area (Å²) in [6.07, 6.45) is 0.979. The fourth-order valence-electron chi connectivity index (χ4n) is 2.65. The van der Waals surface area contributed by atoms with Gasteiger partial charge in [-0.2, -0.15) is 0 Å². The molecule has 0 aromatic heterocycles. The van der Waals surface area contributed by atoms with Crippen LogP contribution in [0.1, 0.15) is 48.5 Å². The Balaban J connectivity index is 2.74. The molecule has 3 unspecified atom stereocenters. The molecule has 3 atom stereocenters. The van der Waals surface area contributed by atoms with Crippen LogP contribution in [0.5, 0.6) is 0 Å². The summed E-state index contributed by atoms with van der Waals surface area (Å²) in [4.78, 5) is 35.3. The van der Waals surface area contributed by atoms with E-state index in [1.54, 1.807) is 13.8 Å². The van der Waals surface area contributed by atoms with Crippen LogP contribution in [-0.2, 0) is 23.9 Å². The van der Waals surface area contributed by atoms with Crippen LogP contribution in [0.3, 0.4) is 0 Å². The van der Waals surface area contributed by atoms with E-state index in [2.05, 4.69) is 0 Å². The minimum Gasteiger partial charge on any atom is -0.450 e. The molecule has 0 heterocycles. The Kier molecular flexibility index (Phi) is 5.54. The van der Waals surface area contributed by atoms with E-state index >= 15 is 0 Å². The molecule has 1 rings (SSSR count). The predicted octanol–water partition coefficient (Wildman–Crippen LogP) is 2.88. The van der Waals surface area contributed by atoms with Gasteiger partial charge in [-0.15, -0.1) is 0 Å². The van der Waals surface area contributed by atoms with Gasteiger partial charge >= 0.3 is 17.9 Å². The van der Waals surface area contributed by atoms with Gasteiger partial charge in [0.1, 0.15) is 0 Å². The molecular formula is C17H26O5. The van der Waals surface area contributed by atoms with Crippen LogP contribution in [0.25, 0.3) is 0 Å². The predicted molar refractivity (Wildman–Crippen MR) is 81.7 cm³/mol. The molecule has 124 valence electrons. The number of hydrogen-bond acceptors (Lipinski definition) is 5. The Hall–Kier alpha value is -1.65. The second-order valence-corrected chi connectivity index (χ2v) is 7.08. The van der Waals surface area contributed by atoms with Gasteiger partial charge in [0, 0.05) is 12.8 Å². The fraction of sp³-hybridized carbons (Fsp3) is 0.706. The zero-order chi connectivity index (χ0) is 17.2. The lowest BCUT2D eigenvalue weighted by Crippen LogP contribution is -2.35. The van der Waals surface area contributed by atoms with E-state index < -0.39 is 24.0 Å². The molecule has 5 heteroatoms. The molecule has 1 saturated carbocycles. The molecule has 0 aromatic carbocycles. The van der Waals surface area contributed by atoms with Gasteiger partial charge in [0.25, 0.3) is 0 Å². The highest BCUT2D eigenvalue weighted by molar-refractivity contribution is 5.92. The Morgan fingerprint density at radius 3 is 2.05 bits per heavy atom. The highest BCUT2D eigenvalue weighted by Gasteiger charge is 2.61. The van der Waals surface area contributed by atoms with Crippen molar-refractivity contribution in [1.82, 2.24) is 0 Å². The van der Waals surface area contributed by atoms with Crippen molar-refractivity contribution in [2.75, 3.05) is 0 Å². The molecule has 0 saturated heterocycles. The quantitative estimate of drug-likeness (QED) is 0.443. The van der Waals surface area contributed by atoms with E-state index in [1.165, 1.54) is 6.92 Å². The molecule has 1 fully saturated rings. The molecule has 0 N–H and O–H groups in total. The molecule has 1 aliphatic carbocycles. The van der Waals surface area contributed by atoms with Gasteiger partial charge in [0.2, 0.25) is 6.10 Å². The summed E-state index contributed by atoms with van der Waals surface area (Å²) in [6, 6.07) is 0. The second kappa shape index (κ2) is 6.63. The van der Waals surface area contributed by atoms with Gasteiger partial charge in [0.15, 0.2) is 0 Å². The van der Waals surface area contributed by atoms with Crippen molar-refractivity contribution < 1.29 is 23.9 Å². The van der Waals surface area contributed by atoms with Crippen molar-refractivity contribution in [2.24, 2.45) is 23.2 Å². The largest absolute Gasteiger partial charge is 0.450 e. The summed E-state index contributed by atoms with van der Waals surface area (Å²) in [5.74, 6) is -2.44. The number of rotatable bonds is 5. The molecule has 5 nitrogen and oxygen atoms in total. The average molecular weight is 310 g/mol. The minimum atomic E-state index is -1.05. The van der Waals surface area contributed by atoms with Crippen molar-refractivity contribution in [3.8, 4) is 0 Å². The second-order valence-electron chi connectivity index (χ2n) is 7.08. The summed E-state index contributed by atoms with van der Waals surface area (Å²) in [5, 5.41) is 0. The van der Waals surface area contributed by atoms with E-state index in [0.717, 1.165) is 5.57 Å². The highest BCUT2D eigenvalue weighted by Crippen LogP contribution is 2.59. The number of hydrogen-bond donors (Lipinski definition) is 0. The molecular weight excluding hydrogens is 284 g/mol. The van der Waals surface area contributed by atoms with Crippen LogP contribution < -0.4 is 0 Å². The number of esters is 3. The first-order valence-electron chi connectivity index (χ1n) is 7.56. The third-order valence-electron chi connectivity index (χ3n) is 4.01. The summed E-state index contributed by atoms with van der Waals surface area (Å²) in [7, 11) is 0. The number of ether oxygens (including phenoxy) is 2. The van der Waals surface area contributed by atoms with Crippen molar-refractivity contribution >= 4 is 17.9 Å². The average Bonchev–Trinajstić information content (AvgIpc) is 2.85. The smallest absolute Gasteiger partial charge is 0.355 e. The van der Waals surface area contributed by atoms with Crippen molar-refractivity contribution in [3.05, 3.63) is 11.6 Å². The first-order valence-corrected chi connectivity index (χ1v) is 7.56. The maximum Gasteiger partial charge on any atom is 0.355 e. The molecule has 22 heavy (non-hydrogen) atoms. The maximum absolute atomic E-state index is 12.2. The monoisotopic (exact) mass is 310 g/mol. The third-order valence-corrected chi connectivity index (χ3v) is 4.01. The molecule has 0 aliphatic heterocycles. The van der Waals surface area contributed by atoms with E-state index in [-0.39, 0.29) is 23.2 Å². The Morgan fingerprint density at radius 1 is 1.09 bits per heavy atom. The van der Waals surface area contributed by atoms with Crippen LogP contribution >= 0.6 is 0 Å². The number of carbonyl (C=O) groups is 3. The summed E-state index contributed by atoms with van der Waals surface area (Å²) in [6.45, 7) is 12.6. The maximum atomic E-state index is 12.2. The minimum absolute atomic E-state index is 0.0732. The van der Waals surface area contributed by atoms with Gasteiger partial charge in [-0.25, -0.2) is 4.79 Å². The number of carbonyl (C=O) groups excluding carboxylic acids is 3. The SMILES string of the molecule is CC(=O)OC(C(=O)OC(=O)C1C(C=C(C)C)C1(C)C)C(C)C. The van der Waals surface area contributed by atoms with Gasteiger partial charge in [-0.1, -0.05) is 39.3 Å². The molecule has 0 aromatic rings. The zero-order valence-corrected chi connectivity index (χ0v) is 14.4. The summed E-state index contributed by atoms with van der Waals surface area (Å²) < 4.78 is 9.90. The summed E-state index contributed by atoms with van der Waals surface area (Å²) >= 11 is 0. The van der Waals surface area contributed by atoms with E-state index in [4.69, 9.17) is 9.47 Å². The van der Waals surface area contributed by atoms with Crippen LogP contribution in [0.4, 0.5) is 0 Å². The Bertz CT molecular complexity index is 497. The van der Waals surface area contributed by atoms with E-state index in [0.29, 0.717) is 0 Å². The topological polar surface area (TPSA) is 69.7 Å². The Morgan fingerprint density at radius 2 is 1.64 bits per heavy atom. The fourth-order valence-corrected chi connectivity index (χ4v) is 2.65. The van der Waals surface area contributed by atoms with Gasteiger partial charge in [-0.05, 0) is 25.2 Å².